The molecule has 1 fully saturated rings. The van der Waals surface area contributed by atoms with Gasteiger partial charge in [0.1, 0.15) is 17.1 Å². The van der Waals surface area contributed by atoms with Crippen LogP contribution in [0.5, 0.6) is 17.2 Å². The second kappa shape index (κ2) is 10.7. The van der Waals surface area contributed by atoms with Crippen LogP contribution in [-0.2, 0) is 19.3 Å². The Hall–Kier alpha value is -3.82. The fourth-order valence-electron chi connectivity index (χ4n) is 5.00. The van der Waals surface area contributed by atoms with Crippen LogP contribution in [0.25, 0.3) is 11.0 Å². The van der Waals surface area contributed by atoms with E-state index in [1.807, 2.05) is 29.2 Å². The molecule has 4 aromatic rings. The third-order valence-corrected chi connectivity index (χ3v) is 6.87. The Morgan fingerprint density at radius 1 is 0.897 bits per heavy atom. The zero-order chi connectivity index (χ0) is 27.7. The van der Waals surface area contributed by atoms with Gasteiger partial charge in [-0.25, -0.2) is 0 Å². The third kappa shape index (κ3) is 5.94. The van der Waals surface area contributed by atoms with Crippen molar-refractivity contribution in [3.63, 3.8) is 0 Å². The maximum atomic E-state index is 14.1. The van der Waals surface area contributed by atoms with Crippen molar-refractivity contribution in [2.24, 2.45) is 0 Å². The van der Waals surface area contributed by atoms with Crippen LogP contribution < -0.4 is 10.2 Å². The summed E-state index contributed by atoms with van der Waals surface area (Å²) in [5.74, 6) is -2.57. The van der Waals surface area contributed by atoms with E-state index in [-0.39, 0.29) is 34.6 Å². The van der Waals surface area contributed by atoms with Crippen LogP contribution in [0.4, 0.5) is 13.2 Å². The van der Waals surface area contributed by atoms with Gasteiger partial charge >= 0.3 is 6.18 Å². The summed E-state index contributed by atoms with van der Waals surface area (Å²) in [4.78, 5) is 17.7. The molecule has 1 aliphatic rings. The maximum absolute atomic E-state index is 14.1. The first-order valence-corrected chi connectivity index (χ1v) is 12.7. The van der Waals surface area contributed by atoms with Gasteiger partial charge in [0.05, 0.1) is 10.9 Å². The zero-order valence-corrected chi connectivity index (χ0v) is 21.7. The summed E-state index contributed by atoms with van der Waals surface area (Å²) in [6.07, 6.45) is -4.99. The third-order valence-electron chi connectivity index (χ3n) is 6.87. The van der Waals surface area contributed by atoms with Crippen molar-refractivity contribution in [2.75, 3.05) is 26.2 Å². The van der Waals surface area contributed by atoms with E-state index in [0.29, 0.717) is 13.1 Å². The molecule has 0 unspecified atom stereocenters. The summed E-state index contributed by atoms with van der Waals surface area (Å²) in [5, 5.41) is 10.5. The molecule has 0 saturated carbocycles. The van der Waals surface area contributed by atoms with Crippen molar-refractivity contribution >= 4 is 11.0 Å². The molecule has 0 radical (unpaired) electrons. The van der Waals surface area contributed by atoms with Crippen molar-refractivity contribution in [2.45, 2.75) is 33.1 Å². The fraction of sp³-hybridized carbons (Fsp3) is 0.300. The first-order chi connectivity index (χ1) is 18.6. The van der Waals surface area contributed by atoms with E-state index in [9.17, 15) is 23.1 Å². The number of aromatic hydroxyl groups is 1. The smallest absolute Gasteiger partial charge is 0.453 e. The van der Waals surface area contributed by atoms with E-state index in [1.54, 1.807) is 26.0 Å². The summed E-state index contributed by atoms with van der Waals surface area (Å²) in [5.41, 5.74) is 1.67. The summed E-state index contributed by atoms with van der Waals surface area (Å²) in [7, 11) is 0. The van der Waals surface area contributed by atoms with Gasteiger partial charge in [-0.2, -0.15) is 13.2 Å². The average molecular weight is 539 g/mol. The number of nitrogens with zero attached hydrogens (tertiary/aromatic N) is 2. The van der Waals surface area contributed by atoms with E-state index in [1.165, 1.54) is 17.7 Å². The molecule has 0 amide bonds. The largest absolute Gasteiger partial charge is 0.507 e. The second-order valence-corrected chi connectivity index (χ2v) is 9.99. The molecule has 3 aromatic carbocycles. The van der Waals surface area contributed by atoms with Gasteiger partial charge in [0, 0.05) is 39.3 Å². The Labute approximate surface area is 223 Å². The molecule has 1 N–H and O–H groups in total. The monoisotopic (exact) mass is 538 g/mol. The predicted molar refractivity (Wildman–Crippen MR) is 142 cm³/mol. The number of hydrogen-bond donors (Lipinski definition) is 1. The number of phenols is 1. The van der Waals surface area contributed by atoms with Gasteiger partial charge < -0.3 is 14.3 Å². The van der Waals surface area contributed by atoms with Gasteiger partial charge in [-0.1, -0.05) is 36.4 Å². The van der Waals surface area contributed by atoms with Crippen LogP contribution in [-0.4, -0.2) is 41.1 Å². The molecule has 0 bridgehead atoms. The summed E-state index contributed by atoms with van der Waals surface area (Å²) >= 11 is 0. The standard InChI is InChI=1S/C30H29F3N2O4/c1-19-14-20(2)16-22(15-19)38-28-26(37)23-8-9-25(36)24(27(23)39-29(28)30(31,32)33)18-35-12-10-34(11-13-35)17-21-6-4-3-5-7-21/h3-9,14-16,36H,10-13,17-18H2,1-2H3. The lowest BCUT2D eigenvalue weighted by molar-refractivity contribution is -0.154. The van der Waals surface area contributed by atoms with Crippen LogP contribution in [0.2, 0.25) is 0 Å². The van der Waals surface area contributed by atoms with E-state index in [2.05, 4.69) is 17.0 Å². The summed E-state index contributed by atoms with van der Waals surface area (Å²) < 4.78 is 53.3. The quantitative estimate of drug-likeness (QED) is 0.313. The average Bonchev–Trinajstić information content (AvgIpc) is 2.87. The Kier molecular flexibility index (Phi) is 7.38. The number of aryl methyl sites for hydroxylation is 2. The molecule has 0 spiro atoms. The maximum Gasteiger partial charge on any atom is 0.453 e. The molecular weight excluding hydrogens is 509 g/mol. The number of rotatable bonds is 6. The second-order valence-electron chi connectivity index (χ2n) is 9.99. The number of alkyl halides is 3. The molecule has 0 atom stereocenters. The van der Waals surface area contributed by atoms with Crippen molar-refractivity contribution in [3.05, 3.63) is 98.9 Å². The lowest BCUT2D eigenvalue weighted by Gasteiger charge is -2.34. The number of piperazine rings is 1. The van der Waals surface area contributed by atoms with Gasteiger partial charge in [0.15, 0.2) is 0 Å². The fourth-order valence-corrected chi connectivity index (χ4v) is 5.00. The highest BCUT2D eigenvalue weighted by atomic mass is 19.4. The highest BCUT2D eigenvalue weighted by Crippen LogP contribution is 2.40. The molecule has 1 saturated heterocycles. The molecule has 9 heteroatoms. The summed E-state index contributed by atoms with van der Waals surface area (Å²) in [6.45, 7) is 7.31. The van der Waals surface area contributed by atoms with E-state index >= 15 is 0 Å². The number of hydrogen-bond acceptors (Lipinski definition) is 6. The molecule has 0 aliphatic carbocycles. The van der Waals surface area contributed by atoms with E-state index < -0.39 is 23.1 Å². The SMILES string of the molecule is Cc1cc(C)cc(Oc2c(C(F)(F)F)oc3c(CN4CCN(Cc5ccccc5)CC4)c(O)ccc3c2=O)c1. The molecule has 1 aromatic heterocycles. The van der Waals surface area contributed by atoms with Crippen molar-refractivity contribution in [1.82, 2.24) is 9.80 Å². The highest BCUT2D eigenvalue weighted by Gasteiger charge is 2.41. The lowest BCUT2D eigenvalue weighted by atomic mass is 10.1. The molecule has 1 aliphatic heterocycles. The topological polar surface area (TPSA) is 66.2 Å². The number of fused-ring (bicyclic) bond motifs is 1. The molecule has 39 heavy (non-hydrogen) atoms. The van der Waals surface area contributed by atoms with Crippen LogP contribution in [0.3, 0.4) is 0 Å². The Balaban J connectivity index is 1.45. The molecule has 204 valence electrons. The normalized spacial score (nSPS) is 15.1. The molecule has 5 rings (SSSR count). The number of ether oxygens (including phenoxy) is 1. The minimum absolute atomic E-state index is 0.0853. The van der Waals surface area contributed by atoms with Gasteiger partial charge in [-0.15, -0.1) is 0 Å². The summed E-state index contributed by atoms with van der Waals surface area (Å²) in [6, 6.07) is 17.6. The Morgan fingerprint density at radius 2 is 1.51 bits per heavy atom. The van der Waals surface area contributed by atoms with E-state index in [0.717, 1.165) is 30.8 Å². The van der Waals surface area contributed by atoms with Gasteiger partial charge in [0.2, 0.25) is 11.2 Å². The van der Waals surface area contributed by atoms with E-state index in [4.69, 9.17) is 9.15 Å². The molecule has 2 heterocycles. The highest BCUT2D eigenvalue weighted by molar-refractivity contribution is 5.83. The Bertz CT molecular complexity index is 1520. The van der Waals surface area contributed by atoms with Crippen molar-refractivity contribution in [3.8, 4) is 17.2 Å². The number of phenolic OH excluding ortho intramolecular Hbond substituents is 1. The van der Waals surface area contributed by atoms with Crippen molar-refractivity contribution < 1.29 is 27.4 Å². The van der Waals surface area contributed by atoms with Crippen LogP contribution >= 0.6 is 0 Å². The van der Waals surface area contributed by atoms with Gasteiger partial charge in [0.25, 0.3) is 5.76 Å². The first-order valence-electron chi connectivity index (χ1n) is 12.7. The lowest BCUT2D eigenvalue weighted by Crippen LogP contribution is -2.45. The Morgan fingerprint density at radius 3 is 2.13 bits per heavy atom. The first kappa shape index (κ1) is 26.8. The number of halogens is 3. The van der Waals surface area contributed by atoms with Crippen LogP contribution in [0.15, 0.2) is 69.9 Å². The zero-order valence-electron chi connectivity index (χ0n) is 21.7. The number of benzene rings is 3. The van der Waals surface area contributed by atoms with Gasteiger partial charge in [-0.3, -0.25) is 14.6 Å². The van der Waals surface area contributed by atoms with Gasteiger partial charge in [-0.05, 0) is 54.8 Å². The minimum atomic E-state index is -4.99. The molecular formula is C30H29F3N2O4. The van der Waals surface area contributed by atoms with Crippen LogP contribution in [0, 0.1) is 13.8 Å². The predicted octanol–water partition coefficient (Wildman–Crippen LogP) is 6.24. The molecule has 6 nitrogen and oxygen atoms in total. The minimum Gasteiger partial charge on any atom is -0.507 e. The van der Waals surface area contributed by atoms with Crippen molar-refractivity contribution in [1.29, 1.82) is 0 Å². The van der Waals surface area contributed by atoms with Crippen LogP contribution in [0.1, 0.15) is 28.0 Å².